The molecular formula is C21H25BrCl2N2O3. The molecule has 2 aromatic carbocycles. The topological polar surface area (TPSA) is 43.0 Å². The molecule has 0 aromatic heterocycles. The summed E-state index contributed by atoms with van der Waals surface area (Å²) in [6.07, 6.45) is 0. The van der Waals surface area contributed by atoms with Crippen molar-refractivity contribution in [3.05, 3.63) is 56.0 Å². The Balaban J connectivity index is 1.67. The fraction of sp³-hybridized carbons (Fsp3) is 0.429. The van der Waals surface area contributed by atoms with E-state index in [1.165, 1.54) is 0 Å². The molecule has 1 fully saturated rings. The number of hydrogen-bond donors (Lipinski definition) is 1. The molecule has 1 N–H and O–H groups in total. The third-order valence-corrected chi connectivity index (χ3v) is 6.27. The first kappa shape index (κ1) is 22.7. The summed E-state index contributed by atoms with van der Waals surface area (Å²) in [5, 5.41) is 4.66. The number of hydrogen-bond acceptors (Lipinski definition) is 5. The summed E-state index contributed by atoms with van der Waals surface area (Å²) in [5.41, 5.74) is 1.75. The smallest absolute Gasteiger partial charge is 0.167 e. The lowest BCUT2D eigenvalue weighted by Gasteiger charge is -2.26. The van der Waals surface area contributed by atoms with Crippen LogP contribution in [-0.2, 0) is 17.9 Å². The first-order chi connectivity index (χ1) is 14.1. The molecule has 3 rings (SSSR count). The van der Waals surface area contributed by atoms with Crippen molar-refractivity contribution < 1.29 is 14.2 Å². The van der Waals surface area contributed by atoms with Gasteiger partial charge in [0.2, 0.25) is 0 Å². The van der Waals surface area contributed by atoms with Crippen molar-refractivity contribution in [2.45, 2.75) is 13.2 Å². The van der Waals surface area contributed by atoms with Crippen LogP contribution >= 0.6 is 39.1 Å². The molecule has 29 heavy (non-hydrogen) atoms. The van der Waals surface area contributed by atoms with Crippen molar-refractivity contribution >= 4 is 39.1 Å². The van der Waals surface area contributed by atoms with E-state index in [0.29, 0.717) is 28.1 Å². The Labute approximate surface area is 190 Å². The van der Waals surface area contributed by atoms with Crippen LogP contribution in [0.15, 0.2) is 34.8 Å². The molecule has 5 nitrogen and oxygen atoms in total. The Bertz CT molecular complexity index is 797. The van der Waals surface area contributed by atoms with Gasteiger partial charge in [0, 0.05) is 58.4 Å². The summed E-state index contributed by atoms with van der Waals surface area (Å²) in [6, 6.07) is 9.27. The Morgan fingerprint density at radius 1 is 1.10 bits per heavy atom. The summed E-state index contributed by atoms with van der Waals surface area (Å²) in [5.74, 6) is 1.35. The van der Waals surface area contributed by atoms with Crippen LogP contribution in [0.1, 0.15) is 11.1 Å². The minimum Gasteiger partial charge on any atom is -0.493 e. The van der Waals surface area contributed by atoms with E-state index >= 15 is 0 Å². The Morgan fingerprint density at radius 3 is 2.52 bits per heavy atom. The van der Waals surface area contributed by atoms with E-state index in [-0.39, 0.29) is 6.61 Å². The summed E-state index contributed by atoms with van der Waals surface area (Å²) >= 11 is 16.2. The van der Waals surface area contributed by atoms with E-state index in [0.717, 1.165) is 55.0 Å². The van der Waals surface area contributed by atoms with Crippen LogP contribution in [0.5, 0.6) is 11.5 Å². The Hall–Kier alpha value is -1.02. The molecule has 8 heteroatoms. The average molecular weight is 504 g/mol. The summed E-state index contributed by atoms with van der Waals surface area (Å²) in [4.78, 5) is 2.40. The van der Waals surface area contributed by atoms with Gasteiger partial charge in [0.25, 0.3) is 0 Å². The third kappa shape index (κ3) is 6.23. The van der Waals surface area contributed by atoms with Gasteiger partial charge >= 0.3 is 0 Å². The van der Waals surface area contributed by atoms with Gasteiger partial charge in [-0.25, -0.2) is 0 Å². The van der Waals surface area contributed by atoms with Crippen molar-refractivity contribution in [1.82, 2.24) is 10.2 Å². The van der Waals surface area contributed by atoms with Gasteiger partial charge in [-0.2, -0.15) is 0 Å². The highest BCUT2D eigenvalue weighted by atomic mass is 79.9. The zero-order chi connectivity index (χ0) is 20.6. The van der Waals surface area contributed by atoms with Crippen LogP contribution in [0.3, 0.4) is 0 Å². The van der Waals surface area contributed by atoms with Crippen LogP contribution in [0.25, 0.3) is 0 Å². The molecule has 0 atom stereocenters. The molecule has 0 saturated carbocycles. The van der Waals surface area contributed by atoms with Gasteiger partial charge in [-0.1, -0.05) is 45.2 Å². The molecule has 1 saturated heterocycles. The fourth-order valence-corrected chi connectivity index (χ4v) is 4.11. The largest absolute Gasteiger partial charge is 0.493 e. The number of morpholine rings is 1. The number of benzene rings is 2. The second-order valence-electron chi connectivity index (χ2n) is 6.68. The monoisotopic (exact) mass is 502 g/mol. The first-order valence-electron chi connectivity index (χ1n) is 9.52. The maximum atomic E-state index is 6.29. The van der Waals surface area contributed by atoms with Crippen molar-refractivity contribution in [1.29, 1.82) is 0 Å². The van der Waals surface area contributed by atoms with Crippen molar-refractivity contribution in [2.24, 2.45) is 0 Å². The third-order valence-electron chi connectivity index (χ3n) is 4.82. The molecule has 0 radical (unpaired) electrons. The van der Waals surface area contributed by atoms with Gasteiger partial charge in [-0.3, -0.25) is 4.90 Å². The molecule has 1 heterocycles. The van der Waals surface area contributed by atoms with Crippen molar-refractivity contribution in [2.75, 3.05) is 46.5 Å². The summed E-state index contributed by atoms with van der Waals surface area (Å²) < 4.78 is 18.0. The number of nitrogens with one attached hydrogen (secondary N) is 1. The molecule has 0 unspecified atom stereocenters. The maximum Gasteiger partial charge on any atom is 0.167 e. The van der Waals surface area contributed by atoms with Gasteiger partial charge in [-0.15, -0.1) is 0 Å². The molecule has 0 bridgehead atoms. The minimum atomic E-state index is 0.256. The van der Waals surface area contributed by atoms with Crippen molar-refractivity contribution in [3.63, 3.8) is 0 Å². The number of halogens is 3. The zero-order valence-corrected chi connectivity index (χ0v) is 19.4. The molecule has 1 aliphatic rings. The maximum absolute atomic E-state index is 6.29. The lowest BCUT2D eigenvalue weighted by atomic mass is 10.1. The van der Waals surface area contributed by atoms with E-state index in [9.17, 15) is 0 Å². The van der Waals surface area contributed by atoms with Crippen molar-refractivity contribution in [3.8, 4) is 11.5 Å². The van der Waals surface area contributed by atoms with E-state index < -0.39 is 0 Å². The SMILES string of the molecule is COc1ccc(Br)c(CNCCN2CCOCC2)c1OCc1c(Cl)cccc1Cl. The lowest BCUT2D eigenvalue weighted by molar-refractivity contribution is 0.0384. The van der Waals surface area contributed by atoms with Gasteiger partial charge in [0.05, 0.1) is 20.3 Å². The quantitative estimate of drug-likeness (QED) is 0.499. The van der Waals surface area contributed by atoms with Crippen LogP contribution in [0, 0.1) is 0 Å². The molecular weight excluding hydrogens is 479 g/mol. The van der Waals surface area contributed by atoms with E-state index in [2.05, 4.69) is 26.1 Å². The van der Waals surface area contributed by atoms with Gasteiger partial charge < -0.3 is 19.5 Å². The second kappa shape index (κ2) is 11.4. The number of ether oxygens (including phenoxy) is 3. The predicted octanol–water partition coefficient (Wildman–Crippen LogP) is 4.77. The molecule has 0 aliphatic carbocycles. The van der Waals surface area contributed by atoms with Crippen LogP contribution in [0.4, 0.5) is 0 Å². The summed E-state index contributed by atoms with van der Waals surface area (Å²) in [7, 11) is 1.63. The normalized spacial score (nSPS) is 14.8. The lowest BCUT2D eigenvalue weighted by Crippen LogP contribution is -2.40. The highest BCUT2D eigenvalue weighted by molar-refractivity contribution is 9.10. The van der Waals surface area contributed by atoms with Gasteiger partial charge in [0.15, 0.2) is 11.5 Å². The number of methoxy groups -OCH3 is 1. The van der Waals surface area contributed by atoms with Crippen LogP contribution in [-0.4, -0.2) is 51.4 Å². The molecule has 0 amide bonds. The van der Waals surface area contributed by atoms with Crippen LogP contribution < -0.4 is 14.8 Å². The Kier molecular flexibility index (Phi) is 8.90. The van der Waals surface area contributed by atoms with Crippen LogP contribution in [0.2, 0.25) is 10.0 Å². The standard InChI is InChI=1S/C21H25BrCl2N2O3/c1-27-20-6-5-17(22)15(13-25-7-8-26-9-11-28-12-10-26)21(20)29-14-16-18(23)3-2-4-19(16)24/h2-6,25H,7-14H2,1H3. The van der Waals surface area contributed by atoms with E-state index in [4.69, 9.17) is 37.4 Å². The second-order valence-corrected chi connectivity index (χ2v) is 8.35. The predicted molar refractivity (Wildman–Crippen MR) is 120 cm³/mol. The highest BCUT2D eigenvalue weighted by Crippen LogP contribution is 2.37. The van der Waals surface area contributed by atoms with E-state index in [1.807, 2.05) is 18.2 Å². The molecule has 0 spiro atoms. The molecule has 1 aliphatic heterocycles. The van der Waals surface area contributed by atoms with Gasteiger partial charge in [0.1, 0.15) is 6.61 Å². The van der Waals surface area contributed by atoms with E-state index in [1.54, 1.807) is 19.2 Å². The molecule has 2 aromatic rings. The molecule has 158 valence electrons. The van der Waals surface area contributed by atoms with Gasteiger partial charge in [-0.05, 0) is 24.3 Å². The fourth-order valence-electron chi connectivity index (χ4n) is 3.16. The average Bonchev–Trinajstić information content (AvgIpc) is 2.73. The minimum absolute atomic E-state index is 0.256. The first-order valence-corrected chi connectivity index (χ1v) is 11.1. The number of rotatable bonds is 9. The Morgan fingerprint density at radius 2 is 1.83 bits per heavy atom. The summed E-state index contributed by atoms with van der Waals surface area (Å²) in [6.45, 7) is 6.35. The highest BCUT2D eigenvalue weighted by Gasteiger charge is 2.17. The zero-order valence-electron chi connectivity index (χ0n) is 16.3. The number of nitrogens with zero attached hydrogens (tertiary/aromatic N) is 1.